The monoisotopic (exact) mass is 355 g/mol. The first kappa shape index (κ1) is 17.4. The largest absolute Gasteiger partial charge is 0.379 e. The van der Waals surface area contributed by atoms with Crippen LogP contribution in [0.25, 0.3) is 0 Å². The second-order valence-corrected chi connectivity index (χ2v) is 8.33. The summed E-state index contributed by atoms with van der Waals surface area (Å²) in [5.74, 6) is -0.0807. The zero-order chi connectivity index (χ0) is 17.2. The molecule has 0 N–H and O–H groups in total. The van der Waals surface area contributed by atoms with Gasteiger partial charge >= 0.3 is 0 Å². The lowest BCUT2D eigenvalue weighted by molar-refractivity contribution is 0.0730. The Hall–Kier alpha value is -1.38. The van der Waals surface area contributed by atoms with E-state index in [2.05, 4.69) is 0 Å². The number of nitrogens with zero attached hydrogens (tertiary/aromatic N) is 3. The number of carbonyl (C=O) groups is 1. The fourth-order valence-corrected chi connectivity index (χ4v) is 4.74. The summed E-state index contributed by atoms with van der Waals surface area (Å²) in [6.07, 6.45) is 5.85. The second-order valence-electron chi connectivity index (χ2n) is 6.39. The van der Waals surface area contributed by atoms with Crippen LogP contribution in [0.3, 0.4) is 0 Å². The van der Waals surface area contributed by atoms with Gasteiger partial charge in [-0.15, -0.1) is 0 Å². The van der Waals surface area contributed by atoms with E-state index < -0.39 is 10.0 Å². The fraction of sp³-hybridized carbons (Fsp3) is 0.688. The summed E-state index contributed by atoms with van der Waals surface area (Å²) in [5, 5.41) is 0. The van der Waals surface area contributed by atoms with Gasteiger partial charge in [0.2, 0.25) is 10.0 Å². The van der Waals surface area contributed by atoms with Crippen LogP contribution in [0.1, 0.15) is 36.2 Å². The number of carbonyl (C=O) groups excluding carboxylic acids is 1. The number of aromatic nitrogens is 1. The molecule has 1 aromatic heterocycles. The molecule has 0 radical (unpaired) electrons. The predicted molar refractivity (Wildman–Crippen MR) is 89.4 cm³/mol. The molecule has 0 unspecified atom stereocenters. The van der Waals surface area contributed by atoms with Crippen molar-refractivity contribution in [3.63, 3.8) is 0 Å². The average molecular weight is 355 g/mol. The van der Waals surface area contributed by atoms with Gasteiger partial charge in [0.1, 0.15) is 10.6 Å². The lowest BCUT2D eigenvalue weighted by Crippen LogP contribution is -2.40. The number of morpholine rings is 1. The van der Waals surface area contributed by atoms with Gasteiger partial charge in [0, 0.05) is 39.4 Å². The van der Waals surface area contributed by atoms with Crippen molar-refractivity contribution < 1.29 is 17.9 Å². The van der Waals surface area contributed by atoms with E-state index in [-0.39, 0.29) is 10.8 Å². The maximum absolute atomic E-state index is 12.8. The average Bonchev–Trinajstić information content (AvgIpc) is 2.81. The van der Waals surface area contributed by atoms with E-state index in [1.54, 1.807) is 11.6 Å². The fourth-order valence-electron chi connectivity index (χ4n) is 3.26. The Kier molecular flexibility index (Phi) is 5.27. The minimum absolute atomic E-state index is 0.0807. The van der Waals surface area contributed by atoms with E-state index in [1.165, 1.54) is 16.6 Å². The molecular weight excluding hydrogens is 330 g/mol. The van der Waals surface area contributed by atoms with Crippen LogP contribution < -0.4 is 0 Å². The molecule has 2 fully saturated rings. The summed E-state index contributed by atoms with van der Waals surface area (Å²) in [4.78, 5) is 14.8. The molecule has 2 saturated heterocycles. The topological polar surface area (TPSA) is 71.9 Å². The predicted octanol–water partition coefficient (Wildman–Crippen LogP) is 1.06. The first-order chi connectivity index (χ1) is 11.5. The van der Waals surface area contributed by atoms with E-state index in [0.717, 1.165) is 38.8 Å². The van der Waals surface area contributed by atoms with Gasteiger partial charge in [-0.2, -0.15) is 4.31 Å². The molecule has 3 heterocycles. The Morgan fingerprint density at radius 3 is 2.29 bits per heavy atom. The Morgan fingerprint density at radius 1 is 1.04 bits per heavy atom. The number of hydrogen-bond donors (Lipinski definition) is 0. The van der Waals surface area contributed by atoms with Gasteiger partial charge in [0.15, 0.2) is 0 Å². The molecular formula is C16H25N3O4S. The molecule has 2 aliphatic heterocycles. The maximum atomic E-state index is 12.8. The zero-order valence-electron chi connectivity index (χ0n) is 14.1. The third-order valence-electron chi connectivity index (χ3n) is 4.70. The molecule has 7 nitrogen and oxygen atoms in total. The summed E-state index contributed by atoms with van der Waals surface area (Å²) >= 11 is 0. The molecule has 0 spiro atoms. The first-order valence-corrected chi connectivity index (χ1v) is 9.98. The number of likely N-dealkylation sites (tertiary alicyclic amines) is 1. The highest BCUT2D eigenvalue weighted by molar-refractivity contribution is 7.89. The summed E-state index contributed by atoms with van der Waals surface area (Å²) in [6, 6.07) is 1.51. The van der Waals surface area contributed by atoms with E-state index in [9.17, 15) is 13.2 Å². The number of aryl methyl sites for hydroxylation is 1. The lowest BCUT2D eigenvalue weighted by Gasteiger charge is -2.25. The molecule has 8 heteroatoms. The quantitative estimate of drug-likeness (QED) is 0.813. The van der Waals surface area contributed by atoms with Gasteiger partial charge in [0.25, 0.3) is 5.91 Å². The Labute approximate surface area is 143 Å². The van der Waals surface area contributed by atoms with Crippen LogP contribution in [-0.4, -0.2) is 67.5 Å². The van der Waals surface area contributed by atoms with E-state index >= 15 is 0 Å². The summed E-state index contributed by atoms with van der Waals surface area (Å²) in [6.45, 7) is 3.02. The number of sulfonamides is 1. The van der Waals surface area contributed by atoms with Crippen LogP contribution in [0.15, 0.2) is 17.2 Å². The third kappa shape index (κ3) is 3.50. The highest BCUT2D eigenvalue weighted by Crippen LogP contribution is 2.21. The van der Waals surface area contributed by atoms with E-state index in [1.807, 2.05) is 4.90 Å². The van der Waals surface area contributed by atoms with Crippen molar-refractivity contribution in [2.45, 2.75) is 30.6 Å². The van der Waals surface area contributed by atoms with Crippen molar-refractivity contribution in [1.82, 2.24) is 13.8 Å². The molecule has 0 bridgehead atoms. The molecule has 1 aromatic rings. The van der Waals surface area contributed by atoms with Crippen molar-refractivity contribution in [2.24, 2.45) is 7.05 Å². The van der Waals surface area contributed by atoms with Crippen LogP contribution in [0.5, 0.6) is 0 Å². The van der Waals surface area contributed by atoms with E-state index in [4.69, 9.17) is 4.74 Å². The van der Waals surface area contributed by atoms with Crippen LogP contribution in [-0.2, 0) is 21.8 Å². The van der Waals surface area contributed by atoms with E-state index in [0.29, 0.717) is 32.0 Å². The number of ether oxygens (including phenoxy) is 1. The zero-order valence-corrected chi connectivity index (χ0v) is 14.9. The summed E-state index contributed by atoms with van der Waals surface area (Å²) < 4.78 is 33.7. The molecule has 0 aromatic carbocycles. The normalized spacial score (nSPS) is 20.8. The molecule has 0 saturated carbocycles. The molecule has 0 aliphatic carbocycles. The third-order valence-corrected chi connectivity index (χ3v) is 6.56. The van der Waals surface area contributed by atoms with Crippen LogP contribution in [0.4, 0.5) is 0 Å². The van der Waals surface area contributed by atoms with Crippen molar-refractivity contribution >= 4 is 15.9 Å². The number of amides is 1. The minimum atomic E-state index is -3.57. The SMILES string of the molecule is Cn1cc(S(=O)(=O)N2CCOCC2)cc1C(=O)N1CCCCCC1. The van der Waals surface area contributed by atoms with Crippen molar-refractivity contribution in [1.29, 1.82) is 0 Å². The Morgan fingerprint density at radius 2 is 1.67 bits per heavy atom. The molecule has 1 amide bonds. The maximum Gasteiger partial charge on any atom is 0.270 e. The molecule has 24 heavy (non-hydrogen) atoms. The Balaban J connectivity index is 1.82. The minimum Gasteiger partial charge on any atom is -0.379 e. The van der Waals surface area contributed by atoms with Gasteiger partial charge in [-0.3, -0.25) is 4.79 Å². The highest BCUT2D eigenvalue weighted by atomic mass is 32.2. The molecule has 2 aliphatic rings. The van der Waals surface area contributed by atoms with Gasteiger partial charge in [-0.25, -0.2) is 8.42 Å². The van der Waals surface area contributed by atoms with Gasteiger partial charge in [0.05, 0.1) is 13.2 Å². The van der Waals surface area contributed by atoms with Gasteiger partial charge in [-0.05, 0) is 18.9 Å². The van der Waals surface area contributed by atoms with Crippen LogP contribution >= 0.6 is 0 Å². The van der Waals surface area contributed by atoms with Crippen LogP contribution in [0.2, 0.25) is 0 Å². The van der Waals surface area contributed by atoms with Crippen LogP contribution in [0, 0.1) is 0 Å². The Bertz CT molecular complexity index is 684. The summed E-state index contributed by atoms with van der Waals surface area (Å²) in [7, 11) is -1.85. The number of hydrogen-bond acceptors (Lipinski definition) is 4. The second kappa shape index (κ2) is 7.25. The van der Waals surface area contributed by atoms with Crippen molar-refractivity contribution in [3.8, 4) is 0 Å². The van der Waals surface area contributed by atoms with Crippen molar-refractivity contribution in [3.05, 3.63) is 18.0 Å². The molecule has 0 atom stereocenters. The lowest BCUT2D eigenvalue weighted by atomic mass is 10.2. The highest BCUT2D eigenvalue weighted by Gasteiger charge is 2.29. The smallest absolute Gasteiger partial charge is 0.270 e. The first-order valence-electron chi connectivity index (χ1n) is 8.54. The number of rotatable bonds is 3. The van der Waals surface area contributed by atoms with Gasteiger partial charge < -0.3 is 14.2 Å². The molecule has 3 rings (SSSR count). The van der Waals surface area contributed by atoms with Gasteiger partial charge in [-0.1, -0.05) is 12.8 Å². The molecule has 134 valence electrons. The standard InChI is InChI=1S/C16H25N3O4S/c1-17-13-14(24(21,22)19-8-10-23-11-9-19)12-15(17)16(20)18-6-4-2-3-5-7-18/h12-13H,2-11H2,1H3. The summed E-state index contributed by atoms with van der Waals surface area (Å²) in [5.41, 5.74) is 0.434. The van der Waals surface area contributed by atoms with Crippen molar-refractivity contribution in [2.75, 3.05) is 39.4 Å².